The first-order valence-corrected chi connectivity index (χ1v) is 11.6. The highest BCUT2D eigenvalue weighted by molar-refractivity contribution is 5.99. The molecular weight excluding hydrogens is 416 g/mol. The molecule has 0 aliphatic carbocycles. The Kier molecular flexibility index (Phi) is 8.60. The van der Waals surface area contributed by atoms with E-state index >= 15 is 0 Å². The van der Waals surface area contributed by atoms with E-state index in [0.29, 0.717) is 0 Å². The average Bonchev–Trinajstić information content (AvgIpc) is 2.84. The lowest BCUT2D eigenvalue weighted by Crippen LogP contribution is -2.45. The molecule has 0 spiro atoms. The number of hydrogen-bond donors (Lipinski definition) is 2. The molecule has 1 aliphatic heterocycles. The summed E-state index contributed by atoms with van der Waals surface area (Å²) in [5.74, 6) is -0.919. The summed E-state index contributed by atoms with van der Waals surface area (Å²) in [5, 5.41) is 5.67. The molecule has 7 heteroatoms. The number of pyridine rings is 1. The van der Waals surface area contributed by atoms with Crippen LogP contribution in [-0.4, -0.2) is 47.0 Å². The van der Waals surface area contributed by atoms with Crippen molar-refractivity contribution < 1.29 is 9.59 Å². The van der Waals surface area contributed by atoms with E-state index in [1.807, 2.05) is 32.0 Å². The maximum atomic E-state index is 13.1. The minimum atomic E-state index is -0.546. The summed E-state index contributed by atoms with van der Waals surface area (Å²) < 4.78 is 1.78. The maximum Gasteiger partial charge on any atom is 0.257 e. The first kappa shape index (κ1) is 24.5. The third-order valence-corrected chi connectivity index (χ3v) is 6.21. The number of rotatable bonds is 9. The Hall–Kier alpha value is -3.19. The van der Waals surface area contributed by atoms with Gasteiger partial charge in [0.1, 0.15) is 11.1 Å². The molecule has 0 saturated carbocycles. The second kappa shape index (κ2) is 11.6. The number of carbonyl (C=O) groups is 2. The monoisotopic (exact) mass is 450 g/mol. The van der Waals surface area contributed by atoms with Crippen molar-refractivity contribution in [3.8, 4) is 0 Å². The van der Waals surface area contributed by atoms with Gasteiger partial charge in [-0.05, 0) is 31.7 Å². The van der Waals surface area contributed by atoms with Crippen LogP contribution in [0.3, 0.4) is 0 Å². The van der Waals surface area contributed by atoms with Gasteiger partial charge in [0.2, 0.25) is 5.43 Å². The molecular formula is C26H34N4O3. The molecule has 33 heavy (non-hydrogen) atoms. The van der Waals surface area contributed by atoms with E-state index < -0.39 is 17.2 Å². The highest BCUT2D eigenvalue weighted by Crippen LogP contribution is 2.15. The van der Waals surface area contributed by atoms with Crippen molar-refractivity contribution in [3.63, 3.8) is 0 Å². The summed E-state index contributed by atoms with van der Waals surface area (Å²) in [6.45, 7) is 10.5. The number of piperidine rings is 1. The minimum Gasteiger partial charge on any atom is -0.350 e. The van der Waals surface area contributed by atoms with Crippen molar-refractivity contribution in [2.75, 3.05) is 19.6 Å². The van der Waals surface area contributed by atoms with Crippen molar-refractivity contribution in [3.05, 3.63) is 82.3 Å². The Morgan fingerprint density at radius 3 is 2.36 bits per heavy atom. The minimum absolute atomic E-state index is 0.000722. The molecule has 0 radical (unpaired) electrons. The van der Waals surface area contributed by atoms with Crippen LogP contribution in [0.2, 0.25) is 0 Å². The van der Waals surface area contributed by atoms with Crippen molar-refractivity contribution in [1.82, 2.24) is 20.1 Å². The van der Waals surface area contributed by atoms with E-state index in [1.165, 1.54) is 11.8 Å². The van der Waals surface area contributed by atoms with Crippen molar-refractivity contribution in [1.29, 1.82) is 0 Å². The SMILES string of the molecule is C=CCNC(=O)c1cn(C(C)CC)cc(C(=O)NC2CCN(Cc3ccccc3)CC2)c1=O. The third kappa shape index (κ3) is 6.42. The van der Waals surface area contributed by atoms with E-state index in [0.717, 1.165) is 38.9 Å². The van der Waals surface area contributed by atoms with Crippen LogP contribution < -0.4 is 16.1 Å². The number of carbonyl (C=O) groups excluding carboxylic acids is 2. The quantitative estimate of drug-likeness (QED) is 0.575. The standard InChI is InChI=1S/C26H34N4O3/c1-4-13-27-25(32)22-17-30(19(3)5-2)18-23(24(22)31)26(33)28-21-11-14-29(15-12-21)16-20-9-7-6-8-10-20/h4,6-10,17-19,21H,1,5,11-16H2,2-3H3,(H,27,32)(H,28,33). The Labute approximate surface area is 195 Å². The van der Waals surface area contributed by atoms with E-state index in [4.69, 9.17) is 0 Å². The Morgan fingerprint density at radius 1 is 1.12 bits per heavy atom. The summed E-state index contributed by atoms with van der Waals surface area (Å²) in [6.07, 6.45) is 7.09. The van der Waals surface area contributed by atoms with Crippen molar-refractivity contribution >= 4 is 11.8 Å². The zero-order valence-corrected chi connectivity index (χ0v) is 19.5. The van der Waals surface area contributed by atoms with Gasteiger partial charge in [-0.25, -0.2) is 0 Å². The van der Waals surface area contributed by atoms with Crippen LogP contribution in [-0.2, 0) is 6.54 Å². The number of aromatic nitrogens is 1. The average molecular weight is 451 g/mol. The number of benzene rings is 1. The summed E-state index contributed by atoms with van der Waals surface area (Å²) in [5.41, 5.74) is 0.711. The van der Waals surface area contributed by atoms with Gasteiger partial charge in [-0.1, -0.05) is 43.3 Å². The summed E-state index contributed by atoms with van der Waals surface area (Å²) >= 11 is 0. The summed E-state index contributed by atoms with van der Waals surface area (Å²) in [6, 6.07) is 10.4. The largest absolute Gasteiger partial charge is 0.350 e. The van der Waals surface area contributed by atoms with Crippen LogP contribution in [0.1, 0.15) is 65.4 Å². The van der Waals surface area contributed by atoms with Gasteiger partial charge in [0, 0.05) is 50.7 Å². The predicted molar refractivity (Wildman–Crippen MR) is 130 cm³/mol. The molecule has 1 atom stereocenters. The molecule has 7 nitrogen and oxygen atoms in total. The smallest absolute Gasteiger partial charge is 0.257 e. The normalized spacial score (nSPS) is 15.6. The Morgan fingerprint density at radius 2 is 1.76 bits per heavy atom. The van der Waals surface area contributed by atoms with Crippen LogP contribution in [0.15, 0.2) is 60.2 Å². The van der Waals surface area contributed by atoms with Gasteiger partial charge in [0.25, 0.3) is 11.8 Å². The molecule has 1 unspecified atom stereocenters. The molecule has 2 N–H and O–H groups in total. The highest BCUT2D eigenvalue weighted by Gasteiger charge is 2.24. The molecule has 1 aliphatic rings. The zero-order chi connectivity index (χ0) is 23.8. The van der Waals surface area contributed by atoms with Crippen LogP contribution in [0.5, 0.6) is 0 Å². The number of nitrogens with zero attached hydrogens (tertiary/aromatic N) is 2. The fraction of sp³-hybridized carbons (Fsp3) is 0.423. The number of likely N-dealkylation sites (tertiary alicyclic amines) is 1. The maximum absolute atomic E-state index is 13.1. The van der Waals surface area contributed by atoms with Gasteiger partial charge in [0.05, 0.1) is 0 Å². The van der Waals surface area contributed by atoms with Gasteiger partial charge in [-0.15, -0.1) is 6.58 Å². The van der Waals surface area contributed by atoms with Crippen LogP contribution in [0.4, 0.5) is 0 Å². The molecule has 1 fully saturated rings. The van der Waals surface area contributed by atoms with E-state index in [-0.39, 0.29) is 29.8 Å². The topological polar surface area (TPSA) is 83.4 Å². The van der Waals surface area contributed by atoms with Gasteiger partial charge >= 0.3 is 0 Å². The number of nitrogens with one attached hydrogen (secondary N) is 2. The first-order chi connectivity index (χ1) is 15.9. The number of hydrogen-bond acceptors (Lipinski definition) is 4. The van der Waals surface area contributed by atoms with E-state index in [9.17, 15) is 14.4 Å². The van der Waals surface area contributed by atoms with E-state index in [2.05, 4.69) is 34.2 Å². The molecule has 1 aromatic heterocycles. The molecule has 0 bridgehead atoms. The molecule has 1 saturated heterocycles. The lowest BCUT2D eigenvalue weighted by Gasteiger charge is -2.32. The zero-order valence-electron chi connectivity index (χ0n) is 19.5. The Balaban J connectivity index is 1.70. The fourth-order valence-electron chi connectivity index (χ4n) is 3.99. The lowest BCUT2D eigenvalue weighted by atomic mass is 10.0. The van der Waals surface area contributed by atoms with Crippen LogP contribution >= 0.6 is 0 Å². The lowest BCUT2D eigenvalue weighted by molar-refractivity contribution is 0.0907. The van der Waals surface area contributed by atoms with E-state index in [1.54, 1.807) is 16.8 Å². The summed E-state index contributed by atoms with van der Waals surface area (Å²) in [4.78, 5) is 41.0. The molecule has 1 aromatic carbocycles. The molecule has 2 heterocycles. The molecule has 176 valence electrons. The highest BCUT2D eigenvalue weighted by atomic mass is 16.2. The van der Waals surface area contributed by atoms with Gasteiger partial charge < -0.3 is 15.2 Å². The third-order valence-electron chi connectivity index (χ3n) is 6.21. The van der Waals surface area contributed by atoms with Crippen LogP contribution in [0.25, 0.3) is 0 Å². The van der Waals surface area contributed by atoms with Crippen molar-refractivity contribution in [2.24, 2.45) is 0 Å². The molecule has 3 rings (SSSR count). The van der Waals surface area contributed by atoms with Gasteiger partial charge in [0.15, 0.2) is 0 Å². The first-order valence-electron chi connectivity index (χ1n) is 11.6. The van der Waals surface area contributed by atoms with Crippen molar-refractivity contribution in [2.45, 2.75) is 51.7 Å². The fourth-order valence-corrected chi connectivity index (χ4v) is 3.99. The van der Waals surface area contributed by atoms with Gasteiger partial charge in [-0.3, -0.25) is 19.3 Å². The second-order valence-electron chi connectivity index (χ2n) is 8.63. The molecule has 2 aromatic rings. The van der Waals surface area contributed by atoms with Crippen LogP contribution in [0, 0.1) is 0 Å². The Bertz CT molecular complexity index is 1020. The molecule has 2 amide bonds. The summed E-state index contributed by atoms with van der Waals surface area (Å²) in [7, 11) is 0. The second-order valence-corrected chi connectivity index (χ2v) is 8.63. The predicted octanol–water partition coefficient (Wildman–Crippen LogP) is 3.13. The van der Waals surface area contributed by atoms with Gasteiger partial charge in [-0.2, -0.15) is 0 Å². The number of amides is 2.